The molecule has 2 amide bonds. The Morgan fingerprint density at radius 2 is 1.96 bits per heavy atom. The van der Waals surface area contributed by atoms with E-state index < -0.39 is 12.0 Å². The van der Waals surface area contributed by atoms with Crippen molar-refractivity contribution in [1.82, 2.24) is 10.2 Å². The molecule has 1 aromatic carbocycles. The van der Waals surface area contributed by atoms with E-state index in [2.05, 4.69) is 5.32 Å². The van der Waals surface area contributed by atoms with Crippen LogP contribution in [0.3, 0.4) is 0 Å². The summed E-state index contributed by atoms with van der Waals surface area (Å²) in [4.78, 5) is 37.1. The molecule has 0 spiro atoms. The second-order valence-corrected chi connectivity index (χ2v) is 7.04. The van der Waals surface area contributed by atoms with Gasteiger partial charge in [-0.1, -0.05) is 30.3 Å². The highest BCUT2D eigenvalue weighted by atomic mass is 16.4. The summed E-state index contributed by atoms with van der Waals surface area (Å²) in [5.74, 6) is -1.07. The second-order valence-electron chi connectivity index (χ2n) is 7.04. The first-order valence-electron chi connectivity index (χ1n) is 9.56. The van der Waals surface area contributed by atoms with Crippen LogP contribution in [0, 0.1) is 0 Å². The fourth-order valence-electron chi connectivity index (χ4n) is 3.40. The smallest absolute Gasteiger partial charge is 0.303 e. The fourth-order valence-corrected chi connectivity index (χ4v) is 3.40. The van der Waals surface area contributed by atoms with Crippen molar-refractivity contribution < 1.29 is 19.5 Å². The number of rotatable bonds is 10. The molecule has 1 aliphatic rings. The third-order valence-corrected chi connectivity index (χ3v) is 4.77. The molecule has 0 aliphatic carbocycles. The standard InChI is InChI=1S/C20H29N3O4/c21-16(13-15-7-2-1-3-8-15)14-18(24)23-12-6-9-17(23)20(27)22-11-5-4-10-19(25)26/h1-3,7-8,16-17H,4-6,9-14,21H2,(H,22,27)(H,25,26)/t16-,17+/m1/s1. The minimum Gasteiger partial charge on any atom is -0.481 e. The van der Waals surface area contributed by atoms with Gasteiger partial charge in [-0.2, -0.15) is 0 Å². The fraction of sp³-hybridized carbons (Fsp3) is 0.550. The summed E-state index contributed by atoms with van der Waals surface area (Å²) in [6.07, 6.45) is 3.54. The zero-order valence-electron chi connectivity index (χ0n) is 15.6. The van der Waals surface area contributed by atoms with Crippen molar-refractivity contribution in [3.63, 3.8) is 0 Å². The van der Waals surface area contributed by atoms with Crippen LogP contribution in [0.15, 0.2) is 30.3 Å². The van der Waals surface area contributed by atoms with Gasteiger partial charge < -0.3 is 21.1 Å². The van der Waals surface area contributed by atoms with E-state index in [0.717, 1.165) is 12.0 Å². The first kappa shape index (κ1) is 20.9. The van der Waals surface area contributed by atoms with Crippen molar-refractivity contribution in [1.29, 1.82) is 0 Å². The lowest BCUT2D eigenvalue weighted by molar-refractivity contribution is -0.138. The van der Waals surface area contributed by atoms with Crippen LogP contribution in [0.1, 0.15) is 44.1 Å². The highest BCUT2D eigenvalue weighted by molar-refractivity contribution is 5.88. The first-order chi connectivity index (χ1) is 13.0. The van der Waals surface area contributed by atoms with E-state index in [1.54, 1.807) is 4.90 Å². The Balaban J connectivity index is 1.77. The molecule has 0 aromatic heterocycles. The zero-order valence-corrected chi connectivity index (χ0v) is 15.6. The van der Waals surface area contributed by atoms with E-state index in [0.29, 0.717) is 38.8 Å². The Labute approximate surface area is 159 Å². The summed E-state index contributed by atoms with van der Waals surface area (Å²) in [6.45, 7) is 1.01. The average molecular weight is 375 g/mol. The second kappa shape index (κ2) is 10.7. The lowest BCUT2D eigenvalue weighted by Gasteiger charge is -2.25. The van der Waals surface area contributed by atoms with Gasteiger partial charge in [-0.25, -0.2) is 0 Å². The van der Waals surface area contributed by atoms with Gasteiger partial charge in [0.2, 0.25) is 11.8 Å². The third kappa shape index (κ3) is 7.02. The molecule has 1 aromatic rings. The number of nitrogens with zero attached hydrogens (tertiary/aromatic N) is 1. The average Bonchev–Trinajstić information content (AvgIpc) is 3.11. The van der Waals surface area contributed by atoms with Crippen LogP contribution in [0.5, 0.6) is 0 Å². The molecule has 0 radical (unpaired) electrons. The Morgan fingerprint density at radius 1 is 1.22 bits per heavy atom. The minimum absolute atomic E-state index is 0.0815. The number of nitrogens with two attached hydrogens (primary N) is 1. The molecule has 1 saturated heterocycles. The molecule has 1 fully saturated rings. The molecule has 2 rings (SSSR count). The SMILES string of the molecule is N[C@@H](CC(=O)N1CCC[C@H]1C(=O)NCCCCC(=O)O)Cc1ccccc1. The van der Waals surface area contributed by atoms with Crippen molar-refractivity contribution in [2.45, 2.75) is 57.0 Å². The Morgan fingerprint density at radius 3 is 2.67 bits per heavy atom. The summed E-state index contributed by atoms with van der Waals surface area (Å²) >= 11 is 0. The summed E-state index contributed by atoms with van der Waals surface area (Å²) in [6, 6.07) is 9.08. The predicted octanol–water partition coefficient (Wildman–Crippen LogP) is 1.31. The van der Waals surface area contributed by atoms with E-state index in [4.69, 9.17) is 10.8 Å². The molecule has 0 bridgehead atoms. The molecule has 7 nitrogen and oxygen atoms in total. The van der Waals surface area contributed by atoms with E-state index in [1.807, 2.05) is 30.3 Å². The van der Waals surface area contributed by atoms with Gasteiger partial charge >= 0.3 is 5.97 Å². The summed E-state index contributed by atoms with van der Waals surface area (Å²) in [5, 5.41) is 11.4. The summed E-state index contributed by atoms with van der Waals surface area (Å²) in [5.41, 5.74) is 7.23. The van der Waals surface area contributed by atoms with Crippen molar-refractivity contribution in [3.8, 4) is 0 Å². The molecular weight excluding hydrogens is 346 g/mol. The first-order valence-corrected chi connectivity index (χ1v) is 9.56. The molecule has 2 atom stereocenters. The number of likely N-dealkylation sites (tertiary alicyclic amines) is 1. The quantitative estimate of drug-likeness (QED) is 0.534. The number of unbranched alkanes of at least 4 members (excludes halogenated alkanes) is 1. The van der Waals surface area contributed by atoms with Gasteiger partial charge in [0, 0.05) is 32.0 Å². The number of benzene rings is 1. The summed E-state index contributed by atoms with van der Waals surface area (Å²) in [7, 11) is 0. The van der Waals surface area contributed by atoms with Crippen molar-refractivity contribution in [2.24, 2.45) is 5.73 Å². The minimum atomic E-state index is -0.833. The van der Waals surface area contributed by atoms with Crippen molar-refractivity contribution >= 4 is 17.8 Å². The van der Waals surface area contributed by atoms with Gasteiger partial charge in [0.25, 0.3) is 0 Å². The van der Waals surface area contributed by atoms with Crippen LogP contribution < -0.4 is 11.1 Å². The molecular formula is C20H29N3O4. The van der Waals surface area contributed by atoms with Gasteiger partial charge in [-0.05, 0) is 37.7 Å². The van der Waals surface area contributed by atoms with Crippen LogP contribution in [-0.4, -0.2) is 53.0 Å². The van der Waals surface area contributed by atoms with Crippen molar-refractivity contribution in [3.05, 3.63) is 35.9 Å². The Kier molecular flexibility index (Phi) is 8.26. The number of carbonyl (C=O) groups is 3. The lowest BCUT2D eigenvalue weighted by atomic mass is 10.0. The van der Waals surface area contributed by atoms with E-state index in [1.165, 1.54) is 0 Å². The summed E-state index contributed by atoms with van der Waals surface area (Å²) < 4.78 is 0. The Hall–Kier alpha value is -2.41. The molecule has 7 heteroatoms. The highest BCUT2D eigenvalue weighted by Gasteiger charge is 2.34. The van der Waals surface area contributed by atoms with Gasteiger partial charge in [0.1, 0.15) is 6.04 Å². The monoisotopic (exact) mass is 375 g/mol. The van der Waals surface area contributed by atoms with E-state index in [9.17, 15) is 14.4 Å². The zero-order chi connectivity index (χ0) is 19.6. The number of aliphatic carboxylic acids is 1. The van der Waals surface area contributed by atoms with Crippen LogP contribution in [0.25, 0.3) is 0 Å². The number of carbonyl (C=O) groups excluding carboxylic acids is 2. The topological polar surface area (TPSA) is 113 Å². The maximum Gasteiger partial charge on any atom is 0.303 e. The Bertz CT molecular complexity index is 635. The van der Waals surface area contributed by atoms with Crippen LogP contribution in [-0.2, 0) is 20.8 Å². The highest BCUT2D eigenvalue weighted by Crippen LogP contribution is 2.19. The normalized spacial score (nSPS) is 17.5. The van der Waals surface area contributed by atoms with Gasteiger partial charge in [0.15, 0.2) is 0 Å². The van der Waals surface area contributed by atoms with Gasteiger partial charge in [-0.3, -0.25) is 14.4 Å². The molecule has 27 heavy (non-hydrogen) atoms. The van der Waals surface area contributed by atoms with Gasteiger partial charge in [-0.15, -0.1) is 0 Å². The third-order valence-electron chi connectivity index (χ3n) is 4.77. The molecule has 1 heterocycles. The number of carboxylic acids is 1. The maximum absolute atomic E-state index is 12.6. The molecule has 148 valence electrons. The van der Waals surface area contributed by atoms with Crippen LogP contribution >= 0.6 is 0 Å². The maximum atomic E-state index is 12.6. The number of hydrogen-bond donors (Lipinski definition) is 3. The lowest BCUT2D eigenvalue weighted by Crippen LogP contribution is -2.47. The largest absolute Gasteiger partial charge is 0.481 e. The van der Waals surface area contributed by atoms with Crippen molar-refractivity contribution in [2.75, 3.05) is 13.1 Å². The molecule has 1 aliphatic heterocycles. The van der Waals surface area contributed by atoms with Gasteiger partial charge in [0.05, 0.1) is 0 Å². The molecule has 0 unspecified atom stereocenters. The molecule has 0 saturated carbocycles. The number of carboxylic acid groups (broad SMARTS) is 1. The van der Waals surface area contributed by atoms with Crippen LogP contribution in [0.2, 0.25) is 0 Å². The predicted molar refractivity (Wildman–Crippen MR) is 102 cm³/mol. The molecule has 4 N–H and O–H groups in total. The van der Waals surface area contributed by atoms with E-state index in [-0.39, 0.29) is 30.7 Å². The number of amides is 2. The van der Waals surface area contributed by atoms with Crippen LogP contribution in [0.4, 0.5) is 0 Å². The van der Waals surface area contributed by atoms with E-state index >= 15 is 0 Å². The number of nitrogens with one attached hydrogen (secondary N) is 1. The number of hydrogen-bond acceptors (Lipinski definition) is 4.